The van der Waals surface area contributed by atoms with E-state index in [2.05, 4.69) is 10.6 Å². The number of carboxylic acid groups (broad SMARTS) is 1. The Bertz CT molecular complexity index is 373. The molecule has 3 N–H and O–H groups in total. The van der Waals surface area contributed by atoms with Crippen molar-refractivity contribution in [3.63, 3.8) is 0 Å². The van der Waals surface area contributed by atoms with Crippen LogP contribution in [0.3, 0.4) is 0 Å². The van der Waals surface area contributed by atoms with Crippen LogP contribution in [0.15, 0.2) is 0 Å². The fraction of sp³-hybridized carbons (Fsp3) is 0.769. The zero-order valence-electron chi connectivity index (χ0n) is 12.0. The number of likely N-dealkylation sites (N-methyl/N-ethyl adjacent to an activating group) is 2. The smallest absolute Gasteiger partial charge is 0.317 e. The average molecular weight is 285 g/mol. The van der Waals surface area contributed by atoms with Gasteiger partial charge in [0.1, 0.15) is 6.54 Å². The number of rotatable bonds is 5. The van der Waals surface area contributed by atoms with Crippen molar-refractivity contribution in [3.8, 4) is 0 Å². The lowest BCUT2D eigenvalue weighted by Crippen LogP contribution is -2.45. The van der Waals surface area contributed by atoms with Crippen LogP contribution in [0, 0.1) is 11.8 Å². The normalized spacial score (nSPS) is 21.9. The maximum atomic E-state index is 11.8. The first-order chi connectivity index (χ1) is 9.45. The topological polar surface area (TPSA) is 98.7 Å². The Morgan fingerprint density at radius 3 is 2.50 bits per heavy atom. The Morgan fingerprint density at radius 2 is 1.90 bits per heavy atom. The third-order valence-electron chi connectivity index (χ3n) is 3.75. The second kappa shape index (κ2) is 7.72. The molecular formula is C13H23N3O4. The van der Waals surface area contributed by atoms with E-state index in [4.69, 9.17) is 5.11 Å². The maximum absolute atomic E-state index is 11.8. The summed E-state index contributed by atoms with van der Waals surface area (Å²) < 4.78 is 0. The SMILES string of the molecule is CNC(=O)CN(C)C(=O)NCC1CCCCC1C(=O)O. The van der Waals surface area contributed by atoms with Crippen molar-refractivity contribution >= 4 is 17.9 Å². The summed E-state index contributed by atoms with van der Waals surface area (Å²) >= 11 is 0. The maximum Gasteiger partial charge on any atom is 0.317 e. The molecule has 0 aromatic heterocycles. The summed E-state index contributed by atoms with van der Waals surface area (Å²) in [7, 11) is 3.04. The predicted molar refractivity (Wildman–Crippen MR) is 73.2 cm³/mol. The van der Waals surface area contributed by atoms with Gasteiger partial charge in [-0.3, -0.25) is 9.59 Å². The van der Waals surface area contributed by atoms with E-state index in [0.717, 1.165) is 19.3 Å². The van der Waals surface area contributed by atoms with Crippen molar-refractivity contribution in [2.75, 3.05) is 27.2 Å². The zero-order chi connectivity index (χ0) is 15.1. The second-order valence-electron chi connectivity index (χ2n) is 5.20. The molecule has 114 valence electrons. The monoisotopic (exact) mass is 285 g/mol. The molecule has 0 spiro atoms. The highest BCUT2D eigenvalue weighted by Crippen LogP contribution is 2.29. The van der Waals surface area contributed by atoms with Gasteiger partial charge in [-0.1, -0.05) is 12.8 Å². The summed E-state index contributed by atoms with van der Waals surface area (Å²) in [4.78, 5) is 35.4. The van der Waals surface area contributed by atoms with Crippen LogP contribution in [-0.2, 0) is 9.59 Å². The van der Waals surface area contributed by atoms with E-state index in [9.17, 15) is 14.4 Å². The Morgan fingerprint density at radius 1 is 1.25 bits per heavy atom. The molecule has 0 radical (unpaired) electrons. The molecule has 1 aliphatic carbocycles. The molecule has 1 fully saturated rings. The standard InChI is InChI=1S/C13H23N3O4/c1-14-11(17)8-16(2)13(20)15-7-9-5-3-4-6-10(9)12(18)19/h9-10H,3-8H2,1-2H3,(H,14,17)(H,15,20)(H,18,19). The molecule has 0 aliphatic heterocycles. The lowest BCUT2D eigenvalue weighted by molar-refractivity contribution is -0.144. The Labute approximate surface area is 118 Å². The van der Waals surface area contributed by atoms with Gasteiger partial charge in [-0.15, -0.1) is 0 Å². The molecule has 7 nitrogen and oxygen atoms in total. The van der Waals surface area contributed by atoms with Gasteiger partial charge in [-0.25, -0.2) is 4.79 Å². The van der Waals surface area contributed by atoms with Crippen LogP contribution in [0.1, 0.15) is 25.7 Å². The van der Waals surface area contributed by atoms with Crippen molar-refractivity contribution in [1.29, 1.82) is 0 Å². The summed E-state index contributed by atoms with van der Waals surface area (Å²) in [6.07, 6.45) is 3.41. The van der Waals surface area contributed by atoms with E-state index < -0.39 is 5.97 Å². The van der Waals surface area contributed by atoms with Crippen molar-refractivity contribution in [2.24, 2.45) is 11.8 Å². The highest BCUT2D eigenvalue weighted by molar-refractivity contribution is 5.83. The minimum absolute atomic E-state index is 0.0185. The van der Waals surface area contributed by atoms with Gasteiger partial charge in [0, 0.05) is 20.6 Å². The highest BCUT2D eigenvalue weighted by atomic mass is 16.4. The molecule has 0 bridgehead atoms. The first-order valence-corrected chi connectivity index (χ1v) is 6.88. The van der Waals surface area contributed by atoms with Gasteiger partial charge >= 0.3 is 12.0 Å². The number of nitrogens with one attached hydrogen (secondary N) is 2. The van der Waals surface area contributed by atoms with E-state index in [1.54, 1.807) is 0 Å². The molecule has 0 aromatic rings. The van der Waals surface area contributed by atoms with Crippen molar-refractivity contribution in [2.45, 2.75) is 25.7 Å². The van der Waals surface area contributed by atoms with Crippen LogP contribution in [0.4, 0.5) is 4.79 Å². The third-order valence-corrected chi connectivity index (χ3v) is 3.75. The number of carbonyl (C=O) groups is 3. The number of urea groups is 1. The molecule has 0 heterocycles. The highest BCUT2D eigenvalue weighted by Gasteiger charge is 2.31. The summed E-state index contributed by atoms with van der Waals surface area (Å²) in [6.45, 7) is 0.323. The van der Waals surface area contributed by atoms with Crippen LogP contribution in [0.2, 0.25) is 0 Å². The predicted octanol–water partition coefficient (Wildman–Crippen LogP) is 0.265. The molecule has 1 saturated carbocycles. The van der Waals surface area contributed by atoms with Crippen LogP contribution in [0.25, 0.3) is 0 Å². The zero-order valence-corrected chi connectivity index (χ0v) is 12.0. The van der Waals surface area contributed by atoms with Gasteiger partial charge in [-0.05, 0) is 18.8 Å². The summed E-state index contributed by atoms with van der Waals surface area (Å²) in [5, 5.41) is 14.3. The van der Waals surface area contributed by atoms with Crippen LogP contribution < -0.4 is 10.6 Å². The molecule has 2 unspecified atom stereocenters. The van der Waals surface area contributed by atoms with Crippen LogP contribution in [-0.4, -0.2) is 55.1 Å². The first-order valence-electron chi connectivity index (χ1n) is 6.88. The van der Waals surface area contributed by atoms with E-state index in [-0.39, 0.29) is 30.3 Å². The van der Waals surface area contributed by atoms with Crippen LogP contribution >= 0.6 is 0 Å². The average Bonchev–Trinajstić information content (AvgIpc) is 2.44. The van der Waals surface area contributed by atoms with Gasteiger partial charge < -0.3 is 20.6 Å². The Balaban J connectivity index is 2.42. The van der Waals surface area contributed by atoms with Gasteiger partial charge in [0.2, 0.25) is 5.91 Å². The molecule has 2 atom stereocenters. The third kappa shape index (κ3) is 4.71. The number of hydrogen-bond donors (Lipinski definition) is 3. The van der Waals surface area contributed by atoms with E-state index >= 15 is 0 Å². The largest absolute Gasteiger partial charge is 0.481 e. The second-order valence-corrected chi connectivity index (χ2v) is 5.20. The fourth-order valence-corrected chi connectivity index (χ4v) is 2.50. The van der Waals surface area contributed by atoms with Gasteiger partial charge in [0.05, 0.1) is 5.92 Å². The minimum atomic E-state index is -0.789. The minimum Gasteiger partial charge on any atom is -0.481 e. The first kappa shape index (κ1) is 16.3. The number of aliphatic carboxylic acids is 1. The molecule has 0 aromatic carbocycles. The van der Waals surface area contributed by atoms with Crippen molar-refractivity contribution in [1.82, 2.24) is 15.5 Å². The molecular weight excluding hydrogens is 262 g/mol. The lowest BCUT2D eigenvalue weighted by Gasteiger charge is -2.29. The fourth-order valence-electron chi connectivity index (χ4n) is 2.50. The summed E-state index contributed by atoms with van der Waals surface area (Å²) in [5.74, 6) is -1.45. The number of hydrogen-bond acceptors (Lipinski definition) is 3. The molecule has 7 heteroatoms. The van der Waals surface area contributed by atoms with E-state index in [1.165, 1.54) is 19.0 Å². The molecule has 0 saturated heterocycles. The number of amides is 3. The number of carbonyl (C=O) groups excluding carboxylic acids is 2. The molecule has 20 heavy (non-hydrogen) atoms. The van der Waals surface area contributed by atoms with Crippen LogP contribution in [0.5, 0.6) is 0 Å². The summed E-state index contributed by atoms with van der Waals surface area (Å²) in [6, 6.07) is -0.358. The lowest BCUT2D eigenvalue weighted by atomic mass is 9.79. The Hall–Kier alpha value is -1.79. The van der Waals surface area contributed by atoms with E-state index in [0.29, 0.717) is 13.0 Å². The van der Waals surface area contributed by atoms with Crippen molar-refractivity contribution < 1.29 is 19.5 Å². The van der Waals surface area contributed by atoms with Crippen molar-refractivity contribution in [3.05, 3.63) is 0 Å². The Kier molecular flexibility index (Phi) is 6.27. The molecule has 1 aliphatic rings. The van der Waals surface area contributed by atoms with Gasteiger partial charge in [-0.2, -0.15) is 0 Å². The quantitative estimate of drug-likeness (QED) is 0.675. The number of carboxylic acids is 1. The summed E-state index contributed by atoms with van der Waals surface area (Å²) in [5.41, 5.74) is 0. The number of nitrogens with zero attached hydrogens (tertiary/aromatic N) is 1. The van der Waals surface area contributed by atoms with Gasteiger partial charge in [0.25, 0.3) is 0 Å². The van der Waals surface area contributed by atoms with Gasteiger partial charge in [0.15, 0.2) is 0 Å². The molecule has 3 amide bonds. The molecule has 1 rings (SSSR count). The van der Waals surface area contributed by atoms with E-state index in [1.807, 2.05) is 0 Å².